The van der Waals surface area contributed by atoms with E-state index in [0.29, 0.717) is 22.9 Å². The molecule has 0 atom stereocenters. The zero-order chi connectivity index (χ0) is 21.8. The molecule has 158 valence electrons. The van der Waals surface area contributed by atoms with Gasteiger partial charge >= 0.3 is 6.18 Å². The van der Waals surface area contributed by atoms with Crippen LogP contribution in [0.4, 0.5) is 19.0 Å². The van der Waals surface area contributed by atoms with Crippen LogP contribution in [0.5, 0.6) is 0 Å². The highest BCUT2D eigenvalue weighted by Crippen LogP contribution is 2.33. The maximum absolute atomic E-state index is 12.9. The van der Waals surface area contributed by atoms with Crippen LogP contribution in [0.3, 0.4) is 0 Å². The van der Waals surface area contributed by atoms with Crippen LogP contribution in [0.15, 0.2) is 66.4 Å². The van der Waals surface area contributed by atoms with Crippen LogP contribution < -0.4 is 5.32 Å². The summed E-state index contributed by atoms with van der Waals surface area (Å²) in [6, 6.07) is 10.4. The van der Waals surface area contributed by atoms with Gasteiger partial charge in [-0.05, 0) is 36.2 Å². The van der Waals surface area contributed by atoms with Crippen molar-refractivity contribution in [2.45, 2.75) is 19.1 Å². The Morgan fingerprint density at radius 2 is 1.94 bits per heavy atom. The number of carbonyl (C=O) groups excluding carboxylic acids is 1. The molecule has 10 heteroatoms. The molecule has 3 heterocycles. The van der Waals surface area contributed by atoms with Gasteiger partial charge in [0, 0.05) is 42.1 Å². The fourth-order valence-electron chi connectivity index (χ4n) is 2.87. The summed E-state index contributed by atoms with van der Waals surface area (Å²) in [4.78, 5) is 20.6. The molecule has 1 amide bonds. The number of pyridine rings is 1. The topological polar surface area (TPSA) is 72.7 Å². The van der Waals surface area contributed by atoms with E-state index < -0.39 is 17.6 Å². The number of carbonyl (C=O) groups is 1. The van der Waals surface area contributed by atoms with Crippen molar-refractivity contribution in [2.24, 2.45) is 0 Å². The Hall–Kier alpha value is -3.53. The third kappa shape index (κ3) is 5.15. The van der Waals surface area contributed by atoms with Gasteiger partial charge in [-0.2, -0.15) is 18.3 Å². The first kappa shape index (κ1) is 20.7. The highest BCUT2D eigenvalue weighted by atomic mass is 32.1. The van der Waals surface area contributed by atoms with Crippen molar-refractivity contribution >= 4 is 23.1 Å². The number of hydrogen-bond acceptors (Lipinski definition) is 5. The van der Waals surface area contributed by atoms with E-state index in [2.05, 4.69) is 20.4 Å². The Bertz CT molecular complexity index is 1190. The molecule has 1 aromatic carbocycles. The van der Waals surface area contributed by atoms with Gasteiger partial charge in [0.15, 0.2) is 5.82 Å². The average Bonchev–Trinajstić information content (AvgIpc) is 3.42. The summed E-state index contributed by atoms with van der Waals surface area (Å²) in [6.07, 6.45) is 1.54. The number of rotatable bonds is 6. The van der Waals surface area contributed by atoms with E-state index in [9.17, 15) is 18.0 Å². The Kier molecular flexibility index (Phi) is 5.81. The van der Waals surface area contributed by atoms with Crippen molar-refractivity contribution < 1.29 is 18.0 Å². The average molecular weight is 443 g/mol. The number of halogens is 3. The number of amides is 1. The molecule has 6 nitrogen and oxygen atoms in total. The SMILES string of the molecule is O=C(Nc1ccn(CCc2ccncc2)n1)c1csc(-c2cccc(C(F)(F)F)c2)n1. The molecule has 0 unspecified atom stereocenters. The molecule has 1 N–H and O–H groups in total. The molecule has 0 fully saturated rings. The molecule has 4 aromatic rings. The highest BCUT2D eigenvalue weighted by Gasteiger charge is 2.30. The van der Waals surface area contributed by atoms with Crippen LogP contribution in [0.25, 0.3) is 10.6 Å². The Morgan fingerprint density at radius 3 is 2.71 bits per heavy atom. The van der Waals surface area contributed by atoms with E-state index in [1.807, 2.05) is 12.1 Å². The van der Waals surface area contributed by atoms with Gasteiger partial charge in [0.2, 0.25) is 0 Å². The summed E-state index contributed by atoms with van der Waals surface area (Å²) in [7, 11) is 0. The third-order valence-corrected chi connectivity index (χ3v) is 5.33. The maximum atomic E-state index is 12.9. The summed E-state index contributed by atoms with van der Waals surface area (Å²) in [5.41, 5.74) is 0.784. The largest absolute Gasteiger partial charge is 0.416 e. The number of hydrogen-bond donors (Lipinski definition) is 1. The van der Waals surface area contributed by atoms with Crippen LogP contribution in [0.2, 0.25) is 0 Å². The van der Waals surface area contributed by atoms with Crippen LogP contribution in [-0.2, 0) is 19.1 Å². The fraction of sp³-hybridized carbons (Fsp3) is 0.143. The molecule has 0 aliphatic heterocycles. The van der Waals surface area contributed by atoms with E-state index in [-0.39, 0.29) is 5.69 Å². The van der Waals surface area contributed by atoms with Crippen molar-refractivity contribution in [1.29, 1.82) is 0 Å². The Morgan fingerprint density at radius 1 is 1.13 bits per heavy atom. The van der Waals surface area contributed by atoms with E-state index >= 15 is 0 Å². The van der Waals surface area contributed by atoms with Gasteiger partial charge in [-0.25, -0.2) is 4.98 Å². The molecule has 0 bridgehead atoms. The predicted octanol–water partition coefficient (Wildman–Crippen LogP) is 4.92. The van der Waals surface area contributed by atoms with Gasteiger partial charge in [-0.1, -0.05) is 12.1 Å². The van der Waals surface area contributed by atoms with E-state index in [4.69, 9.17) is 0 Å². The van der Waals surface area contributed by atoms with Crippen molar-refractivity contribution in [3.8, 4) is 10.6 Å². The molecule has 0 saturated heterocycles. The first-order valence-electron chi connectivity index (χ1n) is 9.25. The lowest BCUT2D eigenvalue weighted by atomic mass is 10.1. The molecule has 4 rings (SSSR count). The lowest BCUT2D eigenvalue weighted by Gasteiger charge is -2.07. The lowest BCUT2D eigenvalue weighted by molar-refractivity contribution is -0.137. The summed E-state index contributed by atoms with van der Waals surface area (Å²) in [5.74, 6) is -0.109. The smallest absolute Gasteiger partial charge is 0.304 e. The summed E-state index contributed by atoms with van der Waals surface area (Å²) < 4.78 is 40.5. The molecule has 0 aliphatic carbocycles. The van der Waals surface area contributed by atoms with Crippen LogP contribution in [0, 0.1) is 0 Å². The number of benzene rings is 1. The number of aromatic nitrogens is 4. The standard InChI is InChI=1S/C21H16F3N5OS/c22-21(23,24)16-3-1-2-15(12-16)20-26-17(13-31-20)19(30)27-18-7-11-29(28-18)10-6-14-4-8-25-9-5-14/h1-5,7-9,11-13H,6,10H2,(H,27,28,30). The predicted molar refractivity (Wildman–Crippen MR) is 111 cm³/mol. The second kappa shape index (κ2) is 8.68. The first-order valence-corrected chi connectivity index (χ1v) is 10.1. The number of nitrogens with one attached hydrogen (secondary N) is 1. The zero-order valence-corrected chi connectivity index (χ0v) is 16.8. The highest BCUT2D eigenvalue weighted by molar-refractivity contribution is 7.13. The van der Waals surface area contributed by atoms with Crippen LogP contribution in [0.1, 0.15) is 21.6 Å². The maximum Gasteiger partial charge on any atom is 0.416 e. The molecule has 31 heavy (non-hydrogen) atoms. The van der Waals surface area contributed by atoms with E-state index in [1.165, 1.54) is 17.5 Å². The van der Waals surface area contributed by atoms with Crippen molar-refractivity contribution in [2.75, 3.05) is 5.32 Å². The van der Waals surface area contributed by atoms with Gasteiger partial charge in [0.1, 0.15) is 10.7 Å². The number of anilines is 1. The Labute approximate surface area is 179 Å². The number of nitrogens with zero attached hydrogens (tertiary/aromatic N) is 4. The lowest BCUT2D eigenvalue weighted by Crippen LogP contribution is -2.13. The molecule has 0 radical (unpaired) electrons. The second-order valence-corrected chi connectivity index (χ2v) is 7.50. The Balaban J connectivity index is 1.40. The van der Waals surface area contributed by atoms with Crippen molar-refractivity contribution in [3.63, 3.8) is 0 Å². The molecule has 3 aromatic heterocycles. The van der Waals surface area contributed by atoms with Crippen LogP contribution >= 0.6 is 11.3 Å². The fourth-order valence-corrected chi connectivity index (χ4v) is 3.66. The summed E-state index contributed by atoms with van der Waals surface area (Å²) in [5, 5.41) is 8.81. The summed E-state index contributed by atoms with van der Waals surface area (Å²) in [6.45, 7) is 0.635. The molecular weight excluding hydrogens is 427 g/mol. The van der Waals surface area contributed by atoms with Crippen molar-refractivity contribution in [1.82, 2.24) is 19.7 Å². The first-order chi connectivity index (χ1) is 14.9. The van der Waals surface area contributed by atoms with Gasteiger partial charge in [0.25, 0.3) is 5.91 Å². The third-order valence-electron chi connectivity index (χ3n) is 4.43. The number of thiazole rings is 1. The van der Waals surface area contributed by atoms with E-state index in [1.54, 1.807) is 29.3 Å². The quantitative estimate of drug-likeness (QED) is 0.459. The van der Waals surface area contributed by atoms with Gasteiger partial charge in [0.05, 0.1) is 5.56 Å². The monoisotopic (exact) mass is 443 g/mol. The molecule has 0 spiro atoms. The zero-order valence-electron chi connectivity index (χ0n) is 16.0. The van der Waals surface area contributed by atoms with Gasteiger partial charge in [-0.3, -0.25) is 14.5 Å². The normalized spacial score (nSPS) is 11.5. The number of aryl methyl sites for hydroxylation is 2. The minimum Gasteiger partial charge on any atom is -0.304 e. The minimum atomic E-state index is -4.44. The van der Waals surface area contributed by atoms with Crippen LogP contribution in [-0.4, -0.2) is 25.7 Å². The number of alkyl halides is 3. The van der Waals surface area contributed by atoms with E-state index in [0.717, 1.165) is 35.5 Å². The molecular formula is C21H16F3N5OS. The van der Waals surface area contributed by atoms with Crippen molar-refractivity contribution in [3.05, 3.63) is 83.3 Å². The minimum absolute atomic E-state index is 0.115. The van der Waals surface area contributed by atoms with Gasteiger partial charge in [-0.15, -0.1) is 11.3 Å². The molecule has 0 aliphatic rings. The summed E-state index contributed by atoms with van der Waals surface area (Å²) >= 11 is 1.10. The second-order valence-electron chi connectivity index (χ2n) is 6.64. The molecule has 0 saturated carbocycles. The van der Waals surface area contributed by atoms with Gasteiger partial charge < -0.3 is 5.32 Å².